The quantitative estimate of drug-likeness (QED) is 0.0707. The van der Waals surface area contributed by atoms with Crippen molar-refractivity contribution in [2.75, 3.05) is 11.5 Å². The van der Waals surface area contributed by atoms with E-state index in [2.05, 4.69) is 145 Å². The van der Waals surface area contributed by atoms with Crippen LogP contribution in [0.2, 0.25) is 10.0 Å². The molecule has 2 aliphatic rings. The second-order valence-electron chi connectivity index (χ2n) is 22.2. The number of carboxylic acid groups (broad SMARTS) is 2. The molecule has 428 valence electrons. The Balaban J connectivity index is 0.000000234. The third-order valence-electron chi connectivity index (χ3n) is 14.0. The Morgan fingerprint density at radius 1 is 0.542 bits per heavy atom. The van der Waals surface area contributed by atoms with E-state index in [0.717, 1.165) is 95.7 Å². The molecule has 0 amide bonds. The summed E-state index contributed by atoms with van der Waals surface area (Å²) in [5.41, 5.74) is 11.6. The summed E-state index contributed by atoms with van der Waals surface area (Å²) >= 11 is 16.5. The molecule has 13 heteroatoms. The second-order valence-corrected chi connectivity index (χ2v) is 25.5. The number of carboxylic acids is 2. The number of carbonyl (C=O) groups excluding carboxylic acids is 2. The Kier molecular flexibility index (Phi) is 25.8. The minimum Gasteiger partial charge on any atom is -0.550 e. The van der Waals surface area contributed by atoms with Crippen LogP contribution in [0.1, 0.15) is 146 Å². The van der Waals surface area contributed by atoms with E-state index < -0.39 is 23.1 Å². The average molecular weight is 1200 g/mol. The summed E-state index contributed by atoms with van der Waals surface area (Å²) in [7, 11) is 0. The molecule has 6 aromatic carbocycles. The maximum absolute atomic E-state index is 10.7. The number of thioether (sulfide) groups is 2. The fourth-order valence-corrected chi connectivity index (χ4v) is 12.8. The molecular weight excluding hydrogens is 1120 g/mol. The normalized spacial score (nSPS) is 13.9. The molecule has 0 saturated heterocycles. The number of hydrogen-bond acceptors (Lipinski definition) is 10. The van der Waals surface area contributed by atoms with Crippen LogP contribution in [0.25, 0.3) is 46.1 Å². The Labute approximate surface area is 525 Å². The summed E-state index contributed by atoms with van der Waals surface area (Å²) in [5, 5.41) is 43.5. The van der Waals surface area contributed by atoms with Crippen LogP contribution in [-0.4, -0.2) is 66.7 Å². The molecule has 0 bridgehead atoms. The van der Waals surface area contributed by atoms with Crippen LogP contribution in [0.4, 0.5) is 0 Å². The molecule has 8 nitrogen and oxygen atoms in total. The molecule has 8 aromatic rings. The Hall–Kier alpha value is -5.47. The number of halogens is 2. The summed E-state index contributed by atoms with van der Waals surface area (Å²) < 4.78 is 0. The van der Waals surface area contributed by atoms with Crippen molar-refractivity contribution in [3.8, 4) is 0 Å². The summed E-state index contributed by atoms with van der Waals surface area (Å²) in [4.78, 5) is 27.3. The zero-order chi connectivity index (χ0) is 58.8. The van der Waals surface area contributed by atoms with Crippen LogP contribution >= 0.6 is 46.7 Å². The van der Waals surface area contributed by atoms with Gasteiger partial charge in [0.05, 0.1) is 33.6 Å². The molecule has 0 aliphatic heterocycles. The molecule has 2 saturated carbocycles. The average Bonchev–Trinajstić information content (AvgIpc) is 4.48. The number of aromatic nitrogens is 2. The van der Waals surface area contributed by atoms with Crippen LogP contribution in [0, 0.1) is 11.8 Å². The molecule has 0 spiro atoms. The van der Waals surface area contributed by atoms with Gasteiger partial charge in [0.25, 0.3) is 0 Å². The number of benzene rings is 6. The number of rotatable bonds is 20. The van der Waals surface area contributed by atoms with Crippen LogP contribution in [0.3, 0.4) is 0 Å². The molecule has 10 rings (SSSR count). The van der Waals surface area contributed by atoms with E-state index in [-0.39, 0.29) is 23.1 Å². The predicted molar refractivity (Wildman–Crippen MR) is 347 cm³/mol. The number of hydrogen-bond donors (Lipinski definition) is 2. The molecule has 2 aromatic heterocycles. The van der Waals surface area contributed by atoms with Gasteiger partial charge in [-0.25, -0.2) is 9.97 Å². The van der Waals surface area contributed by atoms with Crippen molar-refractivity contribution in [2.45, 2.75) is 115 Å². The Morgan fingerprint density at radius 3 is 1.27 bits per heavy atom. The number of aliphatic hydroxyl groups is 2. The Morgan fingerprint density at radius 2 is 0.904 bits per heavy atom. The molecular formula is C70H74Cl2MgN2O6S2. The third-order valence-corrected chi connectivity index (χ3v) is 17.6. The van der Waals surface area contributed by atoms with Crippen LogP contribution in [-0.2, 0) is 33.6 Å². The molecule has 2 aliphatic carbocycles. The third kappa shape index (κ3) is 22.8. The first-order valence-corrected chi connectivity index (χ1v) is 30.9. The van der Waals surface area contributed by atoms with Gasteiger partial charge in [0, 0.05) is 43.3 Å². The van der Waals surface area contributed by atoms with Gasteiger partial charge in [-0.05, 0) is 209 Å². The van der Waals surface area contributed by atoms with E-state index in [1.165, 1.54) is 70.6 Å². The smallest absolute Gasteiger partial charge is 0.550 e. The Bertz CT molecular complexity index is 3240. The molecule has 2 N–H and O–H groups in total. The van der Waals surface area contributed by atoms with E-state index in [0.29, 0.717) is 20.5 Å². The van der Waals surface area contributed by atoms with Crippen LogP contribution < -0.4 is 10.2 Å². The largest absolute Gasteiger partial charge is 2.00 e. The van der Waals surface area contributed by atoms with Gasteiger partial charge in [-0.3, -0.25) is 0 Å². The SMILES string of the molecule is CC(=O)[O-].CC(=O)[O-].CC(C)(O)c1ccccc1CC[C@@H](SCC1CC1)c1cccc(C=Cc2ccc3ccc(Cl)cc3n2)c1.CC(C)(O)c1ccccc1CC[C@@H](SCC1CC1)c1cccc(C=Cc2ccc3ccc(Cl)cc3n2)c1.[Mg+2]. The van der Waals surface area contributed by atoms with Gasteiger partial charge in [0.15, 0.2) is 0 Å². The van der Waals surface area contributed by atoms with Gasteiger partial charge < -0.3 is 30.0 Å². The van der Waals surface area contributed by atoms with E-state index in [1.54, 1.807) is 0 Å². The topological polar surface area (TPSA) is 146 Å². The van der Waals surface area contributed by atoms with Gasteiger partial charge in [-0.1, -0.05) is 157 Å². The summed E-state index contributed by atoms with van der Waals surface area (Å²) in [5.74, 6) is 2.04. The van der Waals surface area contributed by atoms with Crippen molar-refractivity contribution in [2.24, 2.45) is 11.8 Å². The van der Waals surface area contributed by atoms with Crippen molar-refractivity contribution in [1.82, 2.24) is 9.97 Å². The molecule has 83 heavy (non-hydrogen) atoms. The molecule has 2 heterocycles. The molecule has 0 unspecified atom stereocenters. The monoisotopic (exact) mass is 1200 g/mol. The summed E-state index contributed by atoms with van der Waals surface area (Å²) in [6.45, 7) is 9.44. The first-order chi connectivity index (χ1) is 39.2. The van der Waals surface area contributed by atoms with Crippen molar-refractivity contribution < 1.29 is 30.0 Å². The number of pyridine rings is 2. The standard InChI is InChI=1S/2C33H34ClNOS.2C2H4O2.Mg/c2*1-33(2,36)30-9-4-3-7-25(30)15-19-32(37-22-24-10-11-24)27-8-5-6-23(20-27)12-17-29-18-14-26-13-16-28(34)21-31(26)35-29;2*1-2(3)4;/h2*3-9,12-14,16-18,20-21,24,32,36H,10-11,15,19,22H2,1-2H3;2*1H3,(H,3,4);/q;;;;+2/p-2/t2*32-;;;/m11.../s1. The number of fused-ring (bicyclic) bond motifs is 2. The van der Waals surface area contributed by atoms with Gasteiger partial charge >= 0.3 is 23.1 Å². The van der Waals surface area contributed by atoms with Crippen LogP contribution in [0.5, 0.6) is 0 Å². The van der Waals surface area contributed by atoms with E-state index in [9.17, 15) is 10.2 Å². The number of nitrogens with zero attached hydrogens (tertiary/aromatic N) is 2. The first-order valence-electron chi connectivity index (χ1n) is 28.1. The van der Waals surface area contributed by atoms with Crippen LogP contribution in [0.15, 0.2) is 158 Å². The molecule has 2 atom stereocenters. The molecule has 2 fully saturated rings. The minimum atomic E-state index is -1.08. The van der Waals surface area contributed by atoms with Crippen molar-refractivity contribution in [3.05, 3.63) is 224 Å². The second kappa shape index (κ2) is 32.1. The maximum Gasteiger partial charge on any atom is 2.00 e. The van der Waals surface area contributed by atoms with Gasteiger partial charge in [-0.2, -0.15) is 23.5 Å². The molecule has 0 radical (unpaired) electrons. The first kappa shape index (κ1) is 66.7. The van der Waals surface area contributed by atoms with E-state index >= 15 is 0 Å². The van der Waals surface area contributed by atoms with E-state index in [1.807, 2.05) is 88.4 Å². The number of aliphatic carboxylic acids is 2. The zero-order valence-electron chi connectivity index (χ0n) is 48.4. The predicted octanol–water partition coefficient (Wildman–Crippen LogP) is 15.3. The minimum absolute atomic E-state index is 0. The van der Waals surface area contributed by atoms with Gasteiger partial charge in [-0.15, -0.1) is 0 Å². The summed E-state index contributed by atoms with van der Waals surface area (Å²) in [6.07, 6.45) is 17.9. The van der Waals surface area contributed by atoms with Gasteiger partial charge in [0.2, 0.25) is 0 Å². The van der Waals surface area contributed by atoms with Crippen molar-refractivity contribution in [1.29, 1.82) is 0 Å². The summed E-state index contributed by atoms with van der Waals surface area (Å²) in [6, 6.07) is 54.3. The van der Waals surface area contributed by atoms with Gasteiger partial charge in [0.1, 0.15) is 0 Å². The van der Waals surface area contributed by atoms with Crippen molar-refractivity contribution >= 4 is 128 Å². The zero-order valence-corrected chi connectivity index (χ0v) is 53.0. The fourth-order valence-electron chi connectivity index (χ4n) is 9.50. The van der Waals surface area contributed by atoms with Crippen molar-refractivity contribution in [3.63, 3.8) is 0 Å². The number of aryl methyl sites for hydroxylation is 2. The number of carbonyl (C=O) groups is 2. The fraction of sp³-hybridized carbons (Fsp3) is 0.314. The van der Waals surface area contributed by atoms with E-state index in [4.69, 9.17) is 53.0 Å². The maximum atomic E-state index is 10.7.